The van der Waals surface area contributed by atoms with Crippen molar-refractivity contribution in [3.8, 4) is 0 Å². The molecule has 0 heterocycles. The van der Waals surface area contributed by atoms with Crippen molar-refractivity contribution in [2.24, 2.45) is 5.18 Å². The van der Waals surface area contributed by atoms with Crippen LogP contribution < -0.4 is 0 Å². The molecule has 0 amide bonds. The van der Waals surface area contributed by atoms with Crippen molar-refractivity contribution >= 4 is 16.7 Å². The summed E-state index contributed by atoms with van der Waals surface area (Å²) < 4.78 is 4.72. The van der Waals surface area contributed by atoms with Gasteiger partial charge in [-0.15, -0.1) is 0 Å². The van der Waals surface area contributed by atoms with Crippen molar-refractivity contribution in [2.75, 3.05) is 7.11 Å². The molecule has 0 aliphatic rings. The number of carbonyl (C=O) groups excluding carboxylic acids is 1. The smallest absolute Gasteiger partial charge is 0.338 e. The summed E-state index contributed by atoms with van der Waals surface area (Å²) in [5, 5.41) is 4.52. The van der Waals surface area contributed by atoms with Crippen molar-refractivity contribution in [3.63, 3.8) is 0 Å². The van der Waals surface area contributed by atoms with Gasteiger partial charge in [0.15, 0.2) is 0 Å². The van der Waals surface area contributed by atoms with Gasteiger partial charge in [0.1, 0.15) is 6.54 Å². The quantitative estimate of drug-likeness (QED) is 0.600. The number of esters is 1. The summed E-state index contributed by atoms with van der Waals surface area (Å²) in [6, 6.07) is 10.8. The van der Waals surface area contributed by atoms with E-state index in [0.29, 0.717) is 5.56 Å². The fourth-order valence-corrected chi connectivity index (χ4v) is 1.86. The molecule has 0 aliphatic heterocycles. The van der Waals surface area contributed by atoms with Crippen LogP contribution in [0, 0.1) is 4.91 Å². The zero-order valence-corrected chi connectivity index (χ0v) is 9.34. The number of methoxy groups -OCH3 is 1. The molecule has 4 heteroatoms. The fraction of sp³-hybridized carbons (Fsp3) is 0.154. The average Bonchev–Trinajstić information content (AvgIpc) is 2.38. The lowest BCUT2D eigenvalue weighted by Gasteiger charge is -2.07. The molecule has 0 radical (unpaired) electrons. The number of ether oxygens (including phenoxy) is 1. The van der Waals surface area contributed by atoms with E-state index in [0.717, 1.165) is 16.3 Å². The Hall–Kier alpha value is -2.23. The normalized spacial score (nSPS) is 10.2. The van der Waals surface area contributed by atoms with Gasteiger partial charge in [-0.25, -0.2) is 4.79 Å². The van der Waals surface area contributed by atoms with Gasteiger partial charge in [-0.1, -0.05) is 35.5 Å². The minimum Gasteiger partial charge on any atom is -0.465 e. The van der Waals surface area contributed by atoms with Crippen molar-refractivity contribution in [2.45, 2.75) is 6.54 Å². The molecule has 0 saturated heterocycles. The minimum absolute atomic E-state index is 0.0992. The number of nitrogens with zero attached hydrogens (tertiary/aromatic N) is 1. The van der Waals surface area contributed by atoms with Crippen LogP contribution in [0.3, 0.4) is 0 Å². The lowest BCUT2D eigenvalue weighted by molar-refractivity contribution is 0.0603. The lowest BCUT2D eigenvalue weighted by atomic mass is 9.99. The van der Waals surface area contributed by atoms with E-state index in [1.54, 1.807) is 12.1 Å². The highest BCUT2D eigenvalue weighted by Gasteiger charge is 2.12. The Kier molecular flexibility index (Phi) is 3.14. The highest BCUT2D eigenvalue weighted by atomic mass is 16.5. The molecule has 0 unspecified atom stereocenters. The molecule has 0 aliphatic carbocycles. The van der Waals surface area contributed by atoms with E-state index in [2.05, 4.69) is 5.18 Å². The highest BCUT2D eigenvalue weighted by molar-refractivity contribution is 6.05. The Morgan fingerprint density at radius 2 is 1.88 bits per heavy atom. The first-order valence-corrected chi connectivity index (χ1v) is 5.16. The third kappa shape index (κ3) is 2.01. The number of carbonyl (C=O) groups is 1. The van der Waals surface area contributed by atoms with Gasteiger partial charge in [0, 0.05) is 0 Å². The SMILES string of the molecule is COC(=O)c1ccc(CN=O)c2ccccc12. The van der Waals surface area contributed by atoms with Gasteiger partial charge in [-0.3, -0.25) is 0 Å². The topological polar surface area (TPSA) is 55.7 Å². The van der Waals surface area contributed by atoms with Crippen LogP contribution in [0.25, 0.3) is 10.8 Å². The number of hydrogen-bond acceptors (Lipinski definition) is 4. The zero-order chi connectivity index (χ0) is 12.3. The van der Waals surface area contributed by atoms with Gasteiger partial charge in [0.25, 0.3) is 0 Å². The first-order chi connectivity index (χ1) is 8.27. The van der Waals surface area contributed by atoms with E-state index in [1.165, 1.54) is 7.11 Å². The first-order valence-electron chi connectivity index (χ1n) is 5.16. The summed E-state index contributed by atoms with van der Waals surface area (Å²) in [7, 11) is 1.35. The Labute approximate surface area is 98.2 Å². The fourth-order valence-electron chi connectivity index (χ4n) is 1.86. The Balaban J connectivity index is 2.70. The van der Waals surface area contributed by atoms with E-state index in [-0.39, 0.29) is 12.5 Å². The first kappa shape index (κ1) is 11.3. The molecule has 0 atom stereocenters. The summed E-state index contributed by atoms with van der Waals surface area (Å²) in [6.45, 7) is 0.0992. The van der Waals surface area contributed by atoms with Gasteiger partial charge in [-0.05, 0) is 22.4 Å². The number of hydrogen-bond donors (Lipinski definition) is 0. The molecular formula is C13H11NO3. The molecule has 0 saturated carbocycles. The van der Waals surface area contributed by atoms with Gasteiger partial charge in [0.05, 0.1) is 12.7 Å². The van der Waals surface area contributed by atoms with E-state index in [4.69, 9.17) is 4.74 Å². The van der Waals surface area contributed by atoms with E-state index < -0.39 is 0 Å². The molecule has 0 spiro atoms. The lowest BCUT2D eigenvalue weighted by Crippen LogP contribution is -2.02. The standard InChI is InChI=1S/C13H11NO3/c1-17-13(15)12-7-6-9(8-14-16)10-4-2-3-5-11(10)12/h2-7H,8H2,1H3. The second-order valence-corrected chi connectivity index (χ2v) is 3.60. The molecule has 2 rings (SSSR count). The molecule has 4 nitrogen and oxygen atoms in total. The van der Waals surface area contributed by atoms with E-state index >= 15 is 0 Å². The molecule has 0 N–H and O–H groups in total. The minimum atomic E-state index is -0.383. The highest BCUT2D eigenvalue weighted by Crippen LogP contribution is 2.24. The molecule has 0 bridgehead atoms. The number of fused-ring (bicyclic) bond motifs is 1. The molecule has 86 valence electrons. The zero-order valence-electron chi connectivity index (χ0n) is 9.34. The van der Waals surface area contributed by atoms with E-state index in [1.807, 2.05) is 24.3 Å². The molecular weight excluding hydrogens is 218 g/mol. The molecule has 17 heavy (non-hydrogen) atoms. The van der Waals surface area contributed by atoms with Gasteiger partial charge < -0.3 is 4.74 Å². The number of rotatable bonds is 3. The van der Waals surface area contributed by atoms with E-state index in [9.17, 15) is 9.70 Å². The van der Waals surface area contributed by atoms with Crippen LogP contribution in [0.15, 0.2) is 41.6 Å². The maximum absolute atomic E-state index is 11.6. The van der Waals surface area contributed by atoms with Crippen LogP contribution in [0.5, 0.6) is 0 Å². The molecule has 0 fully saturated rings. The third-order valence-electron chi connectivity index (χ3n) is 2.65. The largest absolute Gasteiger partial charge is 0.465 e. The molecule has 2 aromatic rings. The number of benzene rings is 2. The third-order valence-corrected chi connectivity index (χ3v) is 2.65. The summed E-state index contributed by atoms with van der Waals surface area (Å²) >= 11 is 0. The van der Waals surface area contributed by atoms with Crippen molar-refractivity contribution < 1.29 is 9.53 Å². The van der Waals surface area contributed by atoms with Gasteiger partial charge >= 0.3 is 5.97 Å². The average molecular weight is 229 g/mol. The Morgan fingerprint density at radius 1 is 1.18 bits per heavy atom. The second-order valence-electron chi connectivity index (χ2n) is 3.60. The Morgan fingerprint density at radius 3 is 2.53 bits per heavy atom. The monoisotopic (exact) mass is 229 g/mol. The summed E-state index contributed by atoms with van der Waals surface area (Å²) in [6.07, 6.45) is 0. The number of nitroso groups, excluding NO2 is 1. The van der Waals surface area contributed by atoms with Gasteiger partial charge in [-0.2, -0.15) is 4.91 Å². The van der Waals surface area contributed by atoms with Crippen LogP contribution >= 0.6 is 0 Å². The predicted octanol–water partition coefficient (Wildman–Crippen LogP) is 2.89. The molecule has 0 aromatic heterocycles. The van der Waals surface area contributed by atoms with Crippen LogP contribution in [0.4, 0.5) is 0 Å². The molecule has 2 aromatic carbocycles. The second kappa shape index (κ2) is 4.74. The Bertz CT molecular complexity index is 578. The van der Waals surface area contributed by atoms with Crippen LogP contribution in [0.2, 0.25) is 0 Å². The van der Waals surface area contributed by atoms with Gasteiger partial charge in [0.2, 0.25) is 0 Å². The maximum Gasteiger partial charge on any atom is 0.338 e. The summed E-state index contributed by atoms with van der Waals surface area (Å²) in [5.41, 5.74) is 1.31. The predicted molar refractivity (Wildman–Crippen MR) is 64.8 cm³/mol. The van der Waals surface area contributed by atoms with Crippen LogP contribution in [-0.2, 0) is 11.3 Å². The summed E-state index contributed by atoms with van der Waals surface area (Å²) in [4.78, 5) is 21.9. The van der Waals surface area contributed by atoms with Crippen LogP contribution in [0.1, 0.15) is 15.9 Å². The van der Waals surface area contributed by atoms with Crippen molar-refractivity contribution in [1.82, 2.24) is 0 Å². The summed E-state index contributed by atoms with van der Waals surface area (Å²) in [5.74, 6) is -0.383. The van der Waals surface area contributed by atoms with Crippen LogP contribution in [-0.4, -0.2) is 13.1 Å². The maximum atomic E-state index is 11.6. The van der Waals surface area contributed by atoms with Crippen molar-refractivity contribution in [1.29, 1.82) is 0 Å². The van der Waals surface area contributed by atoms with Crippen molar-refractivity contribution in [3.05, 3.63) is 52.4 Å².